The van der Waals surface area contributed by atoms with E-state index in [1.54, 1.807) is 26.8 Å². The minimum Gasteiger partial charge on any atom is -0.444 e. The summed E-state index contributed by atoms with van der Waals surface area (Å²) in [7, 11) is 0. The van der Waals surface area contributed by atoms with Gasteiger partial charge < -0.3 is 20.3 Å². The topological polar surface area (TPSA) is 87.7 Å². The summed E-state index contributed by atoms with van der Waals surface area (Å²) in [6.07, 6.45) is 0.823. The van der Waals surface area contributed by atoms with Gasteiger partial charge in [-0.1, -0.05) is 54.6 Å². The molecule has 2 N–H and O–H groups in total. The summed E-state index contributed by atoms with van der Waals surface area (Å²) in [6, 6.07) is 13.3. The van der Waals surface area contributed by atoms with Crippen molar-refractivity contribution in [3.63, 3.8) is 0 Å². The Hall–Kier alpha value is -3.26. The molecule has 0 aliphatic rings. The lowest BCUT2D eigenvalue weighted by Crippen LogP contribution is -2.53. The maximum atomic E-state index is 13.7. The number of amides is 3. The van der Waals surface area contributed by atoms with Crippen LogP contribution in [0.1, 0.15) is 49.1 Å². The van der Waals surface area contributed by atoms with Gasteiger partial charge in [-0.25, -0.2) is 4.79 Å². The maximum absolute atomic E-state index is 13.7. The summed E-state index contributed by atoms with van der Waals surface area (Å²) in [5, 5.41) is 5.55. The highest BCUT2D eigenvalue weighted by Gasteiger charge is 2.35. The third-order valence-corrected chi connectivity index (χ3v) is 5.86. The van der Waals surface area contributed by atoms with E-state index in [-0.39, 0.29) is 18.2 Å². The second-order valence-electron chi connectivity index (χ2n) is 9.61. The number of nitrogens with zero attached hydrogens (tertiary/aromatic N) is 1. The molecule has 2 atom stereocenters. The molecule has 2 unspecified atom stereocenters. The summed E-state index contributed by atoms with van der Waals surface area (Å²) >= 11 is 4.29. The Labute approximate surface area is 219 Å². The number of rotatable bonds is 10. The number of benzene rings is 2. The molecular formula is C28H37N3O4S. The summed E-state index contributed by atoms with van der Waals surface area (Å²) < 4.78 is 5.31. The van der Waals surface area contributed by atoms with Crippen LogP contribution >= 0.6 is 12.6 Å². The number of hydrogen-bond donors (Lipinski definition) is 3. The maximum Gasteiger partial charge on any atom is 0.408 e. The van der Waals surface area contributed by atoms with Gasteiger partial charge in [0.2, 0.25) is 11.8 Å². The Morgan fingerprint density at radius 1 is 1.08 bits per heavy atom. The van der Waals surface area contributed by atoms with Crippen molar-refractivity contribution in [3.8, 4) is 0 Å². The smallest absolute Gasteiger partial charge is 0.408 e. The third kappa shape index (κ3) is 8.45. The average molecular weight is 512 g/mol. The van der Waals surface area contributed by atoms with Crippen LogP contribution in [0.5, 0.6) is 0 Å². The summed E-state index contributed by atoms with van der Waals surface area (Å²) in [4.78, 5) is 41.1. The van der Waals surface area contributed by atoms with Gasteiger partial charge in [-0.2, -0.15) is 12.6 Å². The lowest BCUT2D eigenvalue weighted by atomic mass is 9.98. The van der Waals surface area contributed by atoms with Crippen LogP contribution in [0, 0.1) is 13.8 Å². The number of hydrogen-bond acceptors (Lipinski definition) is 5. The second kappa shape index (κ2) is 13.2. The lowest BCUT2D eigenvalue weighted by Gasteiger charge is -2.33. The molecule has 7 nitrogen and oxygen atoms in total. The summed E-state index contributed by atoms with van der Waals surface area (Å²) in [5.41, 5.74) is 2.94. The highest BCUT2D eigenvalue weighted by molar-refractivity contribution is 7.80. The minimum atomic E-state index is -1.00. The van der Waals surface area contributed by atoms with Crippen molar-refractivity contribution in [1.82, 2.24) is 15.5 Å². The van der Waals surface area contributed by atoms with Crippen LogP contribution in [0.2, 0.25) is 0 Å². The van der Waals surface area contributed by atoms with Crippen LogP contribution in [-0.2, 0) is 20.9 Å². The van der Waals surface area contributed by atoms with E-state index in [4.69, 9.17) is 4.74 Å². The van der Waals surface area contributed by atoms with Crippen LogP contribution in [0.3, 0.4) is 0 Å². The molecule has 0 radical (unpaired) electrons. The van der Waals surface area contributed by atoms with Gasteiger partial charge in [0.25, 0.3) is 0 Å². The molecule has 0 heterocycles. The Balaban J connectivity index is 2.40. The largest absolute Gasteiger partial charge is 0.444 e. The second-order valence-corrected chi connectivity index (χ2v) is 9.98. The van der Waals surface area contributed by atoms with Crippen molar-refractivity contribution >= 4 is 30.5 Å². The number of alkyl carbamates (subject to hydrolysis) is 1. The van der Waals surface area contributed by atoms with Crippen molar-refractivity contribution in [3.05, 3.63) is 83.4 Å². The summed E-state index contributed by atoms with van der Waals surface area (Å²) in [5.74, 6) is -0.780. The number of nitrogens with one attached hydrogen (secondary N) is 2. The molecule has 3 amide bonds. The molecule has 8 heteroatoms. The zero-order chi connectivity index (χ0) is 26.9. The van der Waals surface area contributed by atoms with E-state index in [0.717, 1.165) is 16.7 Å². The normalized spacial score (nSPS) is 12.7. The fourth-order valence-corrected chi connectivity index (χ4v) is 3.83. The van der Waals surface area contributed by atoms with E-state index in [0.29, 0.717) is 12.1 Å². The number of carbonyl (C=O) groups is 3. The van der Waals surface area contributed by atoms with Crippen LogP contribution in [0.15, 0.2) is 61.2 Å². The zero-order valence-electron chi connectivity index (χ0n) is 21.7. The molecule has 0 fully saturated rings. The standard InChI is InChI=1S/C28H37N3O4S/c1-7-15-31(26(33)23(18-36)30-27(34)35-28(4,5)6)24(22-14-13-19(2)20(3)16-22)25(32)29-17-21-11-9-8-10-12-21/h7-14,16,23-24,36H,1,15,17-18H2,2-6H3,(H,29,32)(H,30,34). The molecule has 36 heavy (non-hydrogen) atoms. The predicted molar refractivity (Wildman–Crippen MR) is 146 cm³/mol. The van der Waals surface area contributed by atoms with Crippen LogP contribution in [0.4, 0.5) is 4.79 Å². The number of thiol groups is 1. The van der Waals surface area contributed by atoms with Gasteiger partial charge in [0.1, 0.15) is 17.7 Å². The molecule has 2 aromatic carbocycles. The first-order valence-corrected chi connectivity index (χ1v) is 12.5. The summed E-state index contributed by atoms with van der Waals surface area (Å²) in [6.45, 7) is 13.3. The Morgan fingerprint density at radius 2 is 1.75 bits per heavy atom. The van der Waals surface area contributed by atoms with Gasteiger partial charge in [-0.3, -0.25) is 9.59 Å². The zero-order valence-corrected chi connectivity index (χ0v) is 22.6. The number of carbonyl (C=O) groups excluding carboxylic acids is 3. The average Bonchev–Trinajstić information content (AvgIpc) is 2.82. The van der Waals surface area contributed by atoms with E-state index in [9.17, 15) is 14.4 Å². The van der Waals surface area contributed by atoms with Gasteiger partial charge in [0, 0.05) is 18.8 Å². The van der Waals surface area contributed by atoms with Crippen molar-refractivity contribution in [2.75, 3.05) is 12.3 Å². The first kappa shape index (κ1) is 29.0. The molecule has 2 rings (SSSR count). The van der Waals surface area contributed by atoms with Gasteiger partial charge in [0.05, 0.1) is 0 Å². The highest BCUT2D eigenvalue weighted by atomic mass is 32.1. The van der Waals surface area contributed by atoms with Crippen LogP contribution in [-0.4, -0.2) is 46.7 Å². The van der Waals surface area contributed by atoms with Crippen molar-refractivity contribution in [2.24, 2.45) is 0 Å². The van der Waals surface area contributed by atoms with E-state index in [1.807, 2.05) is 62.4 Å². The molecule has 0 saturated heterocycles. The van der Waals surface area contributed by atoms with E-state index >= 15 is 0 Å². The third-order valence-electron chi connectivity index (χ3n) is 5.50. The molecule has 194 valence electrons. The molecule has 0 bridgehead atoms. The quantitative estimate of drug-likeness (QED) is 0.324. The van der Waals surface area contributed by atoms with Gasteiger partial charge in [-0.15, -0.1) is 6.58 Å². The van der Waals surface area contributed by atoms with Crippen molar-refractivity contribution < 1.29 is 19.1 Å². The van der Waals surface area contributed by atoms with E-state index in [2.05, 4.69) is 29.8 Å². The van der Waals surface area contributed by atoms with Crippen LogP contribution < -0.4 is 10.6 Å². The first-order valence-electron chi connectivity index (χ1n) is 11.9. The Morgan fingerprint density at radius 3 is 2.31 bits per heavy atom. The molecular weight excluding hydrogens is 474 g/mol. The van der Waals surface area contributed by atoms with Gasteiger partial charge >= 0.3 is 6.09 Å². The van der Waals surface area contributed by atoms with Crippen molar-refractivity contribution in [1.29, 1.82) is 0 Å². The molecule has 0 aromatic heterocycles. The number of aryl methyl sites for hydroxylation is 2. The Kier molecular flexibility index (Phi) is 10.6. The molecule has 0 aliphatic carbocycles. The molecule has 0 spiro atoms. The first-order chi connectivity index (χ1) is 17.0. The van der Waals surface area contributed by atoms with Crippen LogP contribution in [0.25, 0.3) is 0 Å². The van der Waals surface area contributed by atoms with E-state index < -0.39 is 29.7 Å². The number of ether oxygens (including phenoxy) is 1. The van der Waals surface area contributed by atoms with E-state index in [1.165, 1.54) is 4.90 Å². The fraction of sp³-hybridized carbons (Fsp3) is 0.393. The highest BCUT2D eigenvalue weighted by Crippen LogP contribution is 2.25. The lowest BCUT2D eigenvalue weighted by molar-refractivity contribution is -0.141. The van der Waals surface area contributed by atoms with Gasteiger partial charge in [-0.05, 0) is 56.9 Å². The minimum absolute atomic E-state index is 0.0248. The molecule has 2 aromatic rings. The molecule has 0 saturated carbocycles. The SMILES string of the molecule is C=CCN(C(=O)C(CS)NC(=O)OC(C)(C)C)C(C(=O)NCc1ccccc1)c1ccc(C)c(C)c1. The predicted octanol–water partition coefficient (Wildman–Crippen LogP) is 4.50. The van der Waals surface area contributed by atoms with Gasteiger partial charge in [0.15, 0.2) is 0 Å². The fourth-order valence-electron chi connectivity index (χ4n) is 3.59. The monoisotopic (exact) mass is 511 g/mol. The molecule has 0 aliphatic heterocycles. The van der Waals surface area contributed by atoms with Crippen molar-refractivity contribution in [2.45, 2.75) is 58.8 Å². The Bertz CT molecular complexity index is 1070.